The average molecular weight is 268 g/mol. The van der Waals surface area contributed by atoms with Crippen LogP contribution in [0.2, 0.25) is 0 Å². The molecule has 1 aromatic carbocycles. The molecule has 5 nitrogen and oxygen atoms in total. The summed E-state index contributed by atoms with van der Waals surface area (Å²) in [5.74, 6) is 0.687. The van der Waals surface area contributed by atoms with Crippen LogP contribution < -0.4 is 5.32 Å². The lowest BCUT2D eigenvalue weighted by Crippen LogP contribution is -2.28. The zero-order valence-corrected chi connectivity index (χ0v) is 11.2. The van der Waals surface area contributed by atoms with Crippen LogP contribution in [0.25, 0.3) is 10.9 Å². The molecule has 3 aromatic rings. The number of nitrogens with one attached hydrogen (secondary N) is 3. The number of imidazole rings is 1. The number of nitrogens with zero attached hydrogens (tertiary/aromatic N) is 1. The van der Waals surface area contributed by atoms with Gasteiger partial charge in [-0.1, -0.05) is 13.0 Å². The summed E-state index contributed by atoms with van der Waals surface area (Å²) < 4.78 is 0. The number of hydrogen-bond acceptors (Lipinski definition) is 2. The van der Waals surface area contributed by atoms with Crippen molar-refractivity contribution in [3.63, 3.8) is 0 Å². The van der Waals surface area contributed by atoms with Gasteiger partial charge in [-0.3, -0.25) is 4.79 Å². The fourth-order valence-electron chi connectivity index (χ4n) is 2.26. The van der Waals surface area contributed by atoms with Crippen molar-refractivity contribution >= 4 is 16.8 Å². The normalized spacial score (nSPS) is 12.4. The maximum absolute atomic E-state index is 12.3. The molecule has 2 aromatic heterocycles. The van der Waals surface area contributed by atoms with E-state index in [9.17, 15) is 4.79 Å². The van der Waals surface area contributed by atoms with Gasteiger partial charge >= 0.3 is 0 Å². The van der Waals surface area contributed by atoms with E-state index >= 15 is 0 Å². The summed E-state index contributed by atoms with van der Waals surface area (Å²) in [7, 11) is 0. The van der Waals surface area contributed by atoms with Gasteiger partial charge in [-0.25, -0.2) is 4.98 Å². The number of aromatic nitrogens is 3. The molecule has 0 aliphatic rings. The van der Waals surface area contributed by atoms with Crippen LogP contribution in [0.3, 0.4) is 0 Å². The molecule has 0 saturated heterocycles. The number of aromatic amines is 2. The van der Waals surface area contributed by atoms with Gasteiger partial charge in [0.05, 0.1) is 6.04 Å². The fourth-order valence-corrected chi connectivity index (χ4v) is 2.26. The first kappa shape index (κ1) is 12.5. The Morgan fingerprint density at radius 1 is 1.30 bits per heavy atom. The minimum atomic E-state index is -0.100. The van der Waals surface area contributed by atoms with Crippen molar-refractivity contribution in [2.24, 2.45) is 0 Å². The smallest absolute Gasteiger partial charge is 0.251 e. The third-order valence-corrected chi connectivity index (χ3v) is 3.38. The van der Waals surface area contributed by atoms with Gasteiger partial charge in [0.1, 0.15) is 5.82 Å². The summed E-state index contributed by atoms with van der Waals surface area (Å²) in [6.07, 6.45) is 6.10. The van der Waals surface area contributed by atoms with E-state index in [1.807, 2.05) is 37.4 Å². The molecular formula is C15H16N4O. The highest BCUT2D eigenvalue weighted by Crippen LogP contribution is 2.16. The van der Waals surface area contributed by atoms with Crippen LogP contribution in [-0.2, 0) is 0 Å². The summed E-state index contributed by atoms with van der Waals surface area (Å²) in [6.45, 7) is 2.02. The third kappa shape index (κ3) is 2.30. The van der Waals surface area contributed by atoms with Crippen molar-refractivity contribution in [1.29, 1.82) is 0 Å². The van der Waals surface area contributed by atoms with E-state index < -0.39 is 0 Å². The van der Waals surface area contributed by atoms with E-state index in [1.165, 1.54) is 0 Å². The third-order valence-electron chi connectivity index (χ3n) is 3.38. The Morgan fingerprint density at radius 2 is 2.20 bits per heavy atom. The Kier molecular flexibility index (Phi) is 3.25. The molecule has 3 N–H and O–H groups in total. The Morgan fingerprint density at radius 3 is 2.95 bits per heavy atom. The number of carbonyl (C=O) groups excluding carboxylic acids is 1. The van der Waals surface area contributed by atoms with Crippen molar-refractivity contribution in [2.75, 3.05) is 0 Å². The number of benzene rings is 1. The molecular weight excluding hydrogens is 252 g/mol. The molecule has 0 saturated carbocycles. The predicted molar refractivity (Wildman–Crippen MR) is 77.4 cm³/mol. The molecule has 3 rings (SSSR count). The second kappa shape index (κ2) is 5.21. The number of fused-ring (bicyclic) bond motifs is 1. The molecule has 0 aliphatic heterocycles. The van der Waals surface area contributed by atoms with Crippen LogP contribution in [-0.4, -0.2) is 20.9 Å². The minimum Gasteiger partial charge on any atom is -0.361 e. The van der Waals surface area contributed by atoms with Gasteiger partial charge in [0, 0.05) is 29.7 Å². The van der Waals surface area contributed by atoms with Crippen molar-refractivity contribution < 1.29 is 4.79 Å². The van der Waals surface area contributed by atoms with Crippen LogP contribution in [0.15, 0.2) is 42.9 Å². The highest BCUT2D eigenvalue weighted by atomic mass is 16.1. The molecule has 1 amide bonds. The largest absolute Gasteiger partial charge is 0.361 e. The predicted octanol–water partition coefficient (Wildman–Crippen LogP) is 2.77. The van der Waals surface area contributed by atoms with Gasteiger partial charge in [-0.15, -0.1) is 0 Å². The van der Waals surface area contributed by atoms with Crippen molar-refractivity contribution in [1.82, 2.24) is 20.3 Å². The molecule has 0 radical (unpaired) electrons. The Bertz CT molecular complexity index is 714. The maximum Gasteiger partial charge on any atom is 0.251 e. The number of carbonyl (C=O) groups is 1. The average Bonchev–Trinajstić information content (AvgIpc) is 3.14. The van der Waals surface area contributed by atoms with Gasteiger partial charge in [0.2, 0.25) is 0 Å². The first-order valence-electron chi connectivity index (χ1n) is 6.65. The van der Waals surface area contributed by atoms with Gasteiger partial charge in [-0.2, -0.15) is 0 Å². The molecule has 1 unspecified atom stereocenters. The molecule has 1 atom stereocenters. The van der Waals surface area contributed by atoms with Gasteiger partial charge in [-0.05, 0) is 30.0 Å². The molecule has 0 bridgehead atoms. The summed E-state index contributed by atoms with van der Waals surface area (Å²) in [5.41, 5.74) is 1.61. The van der Waals surface area contributed by atoms with Crippen molar-refractivity contribution in [2.45, 2.75) is 19.4 Å². The number of amides is 1. The number of hydrogen-bond donors (Lipinski definition) is 3. The Balaban J connectivity index is 1.81. The number of H-pyrrole nitrogens is 2. The Hall–Kier alpha value is -2.56. The SMILES string of the molecule is CCC(NC(=O)c1ccc2cc[nH]c2c1)c1ncc[nH]1. The molecule has 0 fully saturated rings. The van der Waals surface area contributed by atoms with Crippen LogP contribution >= 0.6 is 0 Å². The topological polar surface area (TPSA) is 73.6 Å². The Labute approximate surface area is 116 Å². The first-order valence-corrected chi connectivity index (χ1v) is 6.65. The quantitative estimate of drug-likeness (QED) is 0.680. The fraction of sp³-hybridized carbons (Fsp3) is 0.200. The summed E-state index contributed by atoms with van der Waals surface area (Å²) >= 11 is 0. The van der Waals surface area contributed by atoms with E-state index in [0.29, 0.717) is 5.56 Å². The molecule has 5 heteroatoms. The summed E-state index contributed by atoms with van der Waals surface area (Å²) in [6, 6.07) is 7.51. The summed E-state index contributed by atoms with van der Waals surface area (Å²) in [4.78, 5) is 22.7. The zero-order chi connectivity index (χ0) is 13.9. The van der Waals surface area contributed by atoms with Crippen molar-refractivity contribution in [3.05, 3.63) is 54.2 Å². The lowest BCUT2D eigenvalue weighted by atomic mass is 10.1. The van der Waals surface area contributed by atoms with Gasteiger partial charge in [0.25, 0.3) is 5.91 Å². The lowest BCUT2D eigenvalue weighted by molar-refractivity contribution is 0.0934. The van der Waals surface area contributed by atoms with Crippen LogP contribution in [0.5, 0.6) is 0 Å². The molecule has 0 spiro atoms. The monoisotopic (exact) mass is 268 g/mol. The molecule has 102 valence electrons. The highest BCUT2D eigenvalue weighted by molar-refractivity contribution is 5.98. The van der Waals surface area contributed by atoms with E-state index in [0.717, 1.165) is 23.1 Å². The van der Waals surface area contributed by atoms with Crippen LogP contribution in [0.1, 0.15) is 35.6 Å². The van der Waals surface area contributed by atoms with Gasteiger partial charge in [0.15, 0.2) is 0 Å². The molecule has 2 heterocycles. The zero-order valence-electron chi connectivity index (χ0n) is 11.2. The van der Waals surface area contributed by atoms with Crippen LogP contribution in [0.4, 0.5) is 0 Å². The minimum absolute atomic E-state index is 0.0928. The van der Waals surface area contributed by atoms with E-state index in [-0.39, 0.29) is 11.9 Å². The van der Waals surface area contributed by atoms with E-state index in [4.69, 9.17) is 0 Å². The standard InChI is InChI=1S/C15H16N4O/c1-2-12(14-17-7-8-18-14)19-15(20)11-4-3-10-5-6-16-13(10)9-11/h3-9,12,16H,2H2,1H3,(H,17,18)(H,19,20). The van der Waals surface area contributed by atoms with Crippen LogP contribution in [0, 0.1) is 0 Å². The molecule has 20 heavy (non-hydrogen) atoms. The highest BCUT2D eigenvalue weighted by Gasteiger charge is 2.16. The second-order valence-electron chi connectivity index (χ2n) is 4.69. The lowest BCUT2D eigenvalue weighted by Gasteiger charge is -2.14. The van der Waals surface area contributed by atoms with E-state index in [1.54, 1.807) is 12.4 Å². The van der Waals surface area contributed by atoms with Crippen molar-refractivity contribution in [3.8, 4) is 0 Å². The molecule has 0 aliphatic carbocycles. The van der Waals surface area contributed by atoms with Gasteiger partial charge < -0.3 is 15.3 Å². The van der Waals surface area contributed by atoms with E-state index in [2.05, 4.69) is 20.3 Å². The second-order valence-corrected chi connectivity index (χ2v) is 4.69. The maximum atomic E-state index is 12.3. The summed E-state index contributed by atoms with van der Waals surface area (Å²) in [5, 5.41) is 4.09. The number of rotatable bonds is 4. The first-order chi connectivity index (χ1) is 9.78.